The number of rotatable bonds is 18. The first-order chi connectivity index (χ1) is 14.3. The van der Waals surface area contributed by atoms with Gasteiger partial charge in [0.25, 0.3) is 0 Å². The van der Waals surface area contributed by atoms with Gasteiger partial charge >= 0.3 is 0 Å². The van der Waals surface area contributed by atoms with Gasteiger partial charge in [0, 0.05) is 37.0 Å². The zero-order valence-electron chi connectivity index (χ0n) is 19.5. The van der Waals surface area contributed by atoms with Crippen molar-refractivity contribution in [2.45, 2.75) is 119 Å². The van der Waals surface area contributed by atoms with Crippen LogP contribution in [0.2, 0.25) is 0 Å². The topological polar surface area (TPSA) is 6.48 Å². The van der Waals surface area contributed by atoms with Gasteiger partial charge in [-0.3, -0.25) is 0 Å². The maximum absolute atomic E-state index is 2.47. The monoisotopic (exact) mass is 440 g/mol. The van der Waals surface area contributed by atoms with Gasteiger partial charge in [-0.1, -0.05) is 103 Å². The maximum atomic E-state index is 2.47. The third-order valence-corrected chi connectivity index (χ3v) is 9.63. The summed E-state index contributed by atoms with van der Waals surface area (Å²) in [5, 5.41) is 0.831. The van der Waals surface area contributed by atoms with E-state index in [0.717, 1.165) is 16.5 Å². The third kappa shape index (κ3) is 12.5. The fourth-order valence-electron chi connectivity index (χ4n) is 4.41. The summed E-state index contributed by atoms with van der Waals surface area (Å²) in [4.78, 5) is 4.73. The Morgan fingerprint density at radius 2 is 1.31 bits per heavy atom. The van der Waals surface area contributed by atoms with Gasteiger partial charge in [0.2, 0.25) is 0 Å². The van der Waals surface area contributed by atoms with Crippen LogP contribution in [0.15, 0.2) is 12.4 Å². The van der Waals surface area contributed by atoms with Crippen LogP contribution >= 0.6 is 23.5 Å². The Hall–Kier alpha value is 0.0400. The zero-order valence-corrected chi connectivity index (χ0v) is 21.1. The van der Waals surface area contributed by atoms with Crippen molar-refractivity contribution >= 4 is 23.5 Å². The molecule has 170 valence electrons. The molecular weight excluding hydrogens is 392 g/mol. The summed E-state index contributed by atoms with van der Waals surface area (Å²) < 4.78 is 0.867. The SMILES string of the molecule is CCCCCCCCCCCCCCCCCC1SCC(CN2C=CN(C)C2)S1. The maximum Gasteiger partial charge on any atom is 0.0891 e. The second-order valence-corrected chi connectivity index (χ2v) is 12.3. The Morgan fingerprint density at radius 3 is 1.83 bits per heavy atom. The first-order valence-corrected chi connectivity index (χ1v) is 14.7. The Balaban J connectivity index is 1.29. The number of thioether (sulfide) groups is 2. The second kappa shape index (κ2) is 16.7. The average molecular weight is 441 g/mol. The van der Waals surface area contributed by atoms with E-state index in [4.69, 9.17) is 0 Å². The first-order valence-electron chi connectivity index (χ1n) is 12.7. The minimum atomic E-state index is 0.831. The lowest BCUT2D eigenvalue weighted by atomic mass is 10.0. The predicted molar refractivity (Wildman–Crippen MR) is 136 cm³/mol. The summed E-state index contributed by atoms with van der Waals surface area (Å²) >= 11 is 4.47. The Morgan fingerprint density at radius 1 is 0.759 bits per heavy atom. The van der Waals surface area contributed by atoms with Crippen molar-refractivity contribution in [2.24, 2.45) is 0 Å². The van der Waals surface area contributed by atoms with E-state index >= 15 is 0 Å². The van der Waals surface area contributed by atoms with Crippen molar-refractivity contribution < 1.29 is 0 Å². The van der Waals surface area contributed by atoms with Crippen LogP contribution in [-0.4, -0.2) is 45.6 Å². The molecule has 0 N–H and O–H groups in total. The molecule has 2 heterocycles. The summed E-state index contributed by atoms with van der Waals surface area (Å²) in [5.41, 5.74) is 0. The van der Waals surface area contributed by atoms with Gasteiger partial charge in [0.15, 0.2) is 0 Å². The van der Waals surface area contributed by atoms with Crippen molar-refractivity contribution in [3.05, 3.63) is 12.4 Å². The number of nitrogens with zero attached hydrogens (tertiary/aromatic N) is 2. The summed E-state index contributed by atoms with van der Waals surface area (Å²) in [6.45, 7) is 4.61. The molecule has 0 radical (unpaired) electrons. The molecule has 0 aromatic rings. The number of unbranched alkanes of at least 4 members (excludes halogenated alkanes) is 14. The van der Waals surface area contributed by atoms with E-state index < -0.39 is 0 Å². The smallest absolute Gasteiger partial charge is 0.0891 e. The molecule has 0 aliphatic carbocycles. The Labute approximate surface area is 191 Å². The van der Waals surface area contributed by atoms with Crippen LogP contribution < -0.4 is 0 Å². The molecule has 2 aliphatic rings. The normalized spacial score (nSPS) is 21.6. The van der Waals surface area contributed by atoms with Crippen molar-refractivity contribution in [3.63, 3.8) is 0 Å². The molecule has 1 fully saturated rings. The van der Waals surface area contributed by atoms with Crippen molar-refractivity contribution in [2.75, 3.05) is 26.0 Å². The quantitative estimate of drug-likeness (QED) is 0.198. The summed E-state index contributed by atoms with van der Waals surface area (Å²) in [6.07, 6.45) is 27.8. The average Bonchev–Trinajstić information content (AvgIpc) is 3.33. The minimum absolute atomic E-state index is 0.831. The van der Waals surface area contributed by atoms with Crippen molar-refractivity contribution in [3.8, 4) is 0 Å². The van der Waals surface area contributed by atoms with E-state index in [1.165, 1.54) is 115 Å². The predicted octanol–water partition coefficient (Wildman–Crippen LogP) is 8.10. The molecule has 1 saturated heterocycles. The van der Waals surface area contributed by atoms with Crippen LogP contribution in [0.25, 0.3) is 0 Å². The van der Waals surface area contributed by atoms with Crippen LogP contribution in [0.1, 0.15) is 110 Å². The fourth-order valence-corrected chi connectivity index (χ4v) is 7.86. The van der Waals surface area contributed by atoms with E-state index in [-0.39, 0.29) is 0 Å². The standard InChI is InChI=1S/C25H48N2S2/c1-3-4-5-6-7-8-9-10-11-12-13-14-15-16-17-18-25-28-22-24(29-25)21-27-20-19-26(2)23-27/h19-20,24-25H,3-18,21-23H2,1-2H3. The largest absolute Gasteiger partial charge is 0.362 e. The lowest BCUT2D eigenvalue weighted by Gasteiger charge is -2.21. The minimum Gasteiger partial charge on any atom is -0.362 e. The lowest BCUT2D eigenvalue weighted by molar-refractivity contribution is 0.300. The van der Waals surface area contributed by atoms with Gasteiger partial charge in [-0.25, -0.2) is 0 Å². The van der Waals surface area contributed by atoms with Gasteiger partial charge in [-0.05, 0) is 6.42 Å². The molecule has 4 heteroatoms. The molecule has 0 amide bonds. The Bertz CT molecular complexity index is 416. The highest BCUT2D eigenvalue weighted by Gasteiger charge is 2.27. The summed E-state index contributed by atoms with van der Waals surface area (Å²) in [5.74, 6) is 1.35. The van der Waals surface area contributed by atoms with E-state index in [9.17, 15) is 0 Å². The van der Waals surface area contributed by atoms with E-state index in [0.29, 0.717) is 0 Å². The van der Waals surface area contributed by atoms with Crippen molar-refractivity contribution in [1.82, 2.24) is 9.80 Å². The zero-order chi connectivity index (χ0) is 20.6. The molecular formula is C25H48N2S2. The van der Waals surface area contributed by atoms with E-state index in [2.05, 4.69) is 59.7 Å². The molecule has 2 nitrogen and oxygen atoms in total. The molecule has 0 aromatic heterocycles. The number of hydrogen-bond acceptors (Lipinski definition) is 4. The fraction of sp³-hybridized carbons (Fsp3) is 0.920. The highest BCUT2D eigenvalue weighted by Crippen LogP contribution is 2.41. The molecule has 2 aliphatic heterocycles. The number of hydrogen-bond donors (Lipinski definition) is 0. The molecule has 0 saturated carbocycles. The Kier molecular flexibility index (Phi) is 14.6. The van der Waals surface area contributed by atoms with E-state index in [1.807, 2.05) is 0 Å². The highest BCUT2D eigenvalue weighted by molar-refractivity contribution is 8.20. The molecule has 2 unspecified atom stereocenters. The van der Waals surface area contributed by atoms with Crippen LogP contribution in [-0.2, 0) is 0 Å². The van der Waals surface area contributed by atoms with Crippen molar-refractivity contribution in [1.29, 1.82) is 0 Å². The van der Waals surface area contributed by atoms with Gasteiger partial charge in [-0.2, -0.15) is 0 Å². The molecule has 0 spiro atoms. The van der Waals surface area contributed by atoms with Gasteiger partial charge in [0.05, 0.1) is 11.3 Å². The van der Waals surface area contributed by atoms with E-state index in [1.54, 1.807) is 0 Å². The molecule has 29 heavy (non-hydrogen) atoms. The third-order valence-electron chi connectivity index (χ3n) is 6.23. The van der Waals surface area contributed by atoms with Gasteiger partial charge in [0.1, 0.15) is 0 Å². The summed E-state index contributed by atoms with van der Waals surface area (Å²) in [7, 11) is 2.16. The van der Waals surface area contributed by atoms with Gasteiger partial charge < -0.3 is 9.80 Å². The molecule has 2 atom stereocenters. The molecule has 2 rings (SSSR count). The lowest BCUT2D eigenvalue weighted by Crippen LogP contribution is -2.29. The summed E-state index contributed by atoms with van der Waals surface area (Å²) in [6, 6.07) is 0. The highest BCUT2D eigenvalue weighted by atomic mass is 32.2. The molecule has 0 bridgehead atoms. The van der Waals surface area contributed by atoms with Crippen LogP contribution in [0, 0.1) is 0 Å². The van der Waals surface area contributed by atoms with Crippen LogP contribution in [0.4, 0.5) is 0 Å². The first kappa shape index (κ1) is 25.3. The van der Waals surface area contributed by atoms with Crippen LogP contribution in [0.5, 0.6) is 0 Å². The van der Waals surface area contributed by atoms with Crippen LogP contribution in [0.3, 0.4) is 0 Å². The van der Waals surface area contributed by atoms with Gasteiger partial charge in [-0.15, -0.1) is 23.5 Å². The molecule has 0 aromatic carbocycles. The second-order valence-electron chi connectivity index (χ2n) is 9.23.